The van der Waals surface area contributed by atoms with Crippen molar-refractivity contribution in [3.63, 3.8) is 0 Å². The van der Waals surface area contributed by atoms with Crippen LogP contribution in [-0.2, 0) is 45.1 Å². The second-order valence-corrected chi connectivity index (χ2v) is 8.77. The SMILES string of the molecule is COC1OC2COC(c3ccccc3)OC2C(O)[CH]1[Hg]. The fourth-order valence-corrected chi connectivity index (χ4v) is 4.88. The van der Waals surface area contributed by atoms with Crippen molar-refractivity contribution in [2.45, 2.75) is 34.3 Å². The Bertz CT molecular complexity index is 440. The second kappa shape index (κ2) is 6.38. The van der Waals surface area contributed by atoms with Crippen LogP contribution in [0.5, 0.6) is 0 Å². The summed E-state index contributed by atoms with van der Waals surface area (Å²) in [4.78, 5) is 0. The van der Waals surface area contributed by atoms with Crippen molar-refractivity contribution in [1.82, 2.24) is 0 Å². The average Bonchev–Trinajstić information content (AvgIpc) is 2.51. The van der Waals surface area contributed by atoms with Crippen LogP contribution >= 0.6 is 0 Å². The predicted octanol–water partition coefficient (Wildman–Crippen LogP) is 1.17. The Labute approximate surface area is 134 Å². The Balaban J connectivity index is 1.74. The van der Waals surface area contributed by atoms with Gasteiger partial charge >= 0.3 is 134 Å². The van der Waals surface area contributed by atoms with Gasteiger partial charge in [-0.05, 0) is 0 Å². The van der Waals surface area contributed by atoms with E-state index in [4.69, 9.17) is 18.9 Å². The molecule has 0 radical (unpaired) electrons. The monoisotopic (exact) mass is 467 g/mol. The zero-order valence-corrected chi connectivity index (χ0v) is 16.8. The molecule has 2 heterocycles. The molecular formula is C14H17HgO5. The molecular weight excluding hydrogens is 449 g/mol. The molecule has 0 spiro atoms. The fraction of sp³-hybridized carbons (Fsp3) is 0.571. The Morgan fingerprint density at radius 3 is 2.70 bits per heavy atom. The minimum absolute atomic E-state index is 0.0516. The van der Waals surface area contributed by atoms with Gasteiger partial charge in [0.1, 0.15) is 0 Å². The van der Waals surface area contributed by atoms with E-state index in [9.17, 15) is 5.11 Å². The standard InChI is InChI=1S/C14H17O5.Hg/c1-16-12-7-10(15)13-11(18-12)8-17-14(19-13)9-5-3-2-4-6-9;/h2-7,10-15H,8H2,1H3;. The molecule has 2 aliphatic rings. The number of benzene rings is 1. The van der Waals surface area contributed by atoms with Gasteiger partial charge in [0.15, 0.2) is 0 Å². The molecule has 2 fully saturated rings. The molecule has 0 aromatic heterocycles. The van der Waals surface area contributed by atoms with Crippen LogP contribution in [-0.4, -0.2) is 43.4 Å². The normalized spacial score (nSPS) is 41.2. The van der Waals surface area contributed by atoms with Gasteiger partial charge in [-0.15, -0.1) is 0 Å². The Kier molecular flexibility index (Phi) is 4.74. The molecule has 0 saturated carbocycles. The van der Waals surface area contributed by atoms with Crippen LogP contribution in [0.4, 0.5) is 0 Å². The number of rotatable bonds is 2. The summed E-state index contributed by atoms with van der Waals surface area (Å²) in [5.74, 6) is 0. The summed E-state index contributed by atoms with van der Waals surface area (Å²) in [6.45, 7) is 0.404. The first-order chi connectivity index (χ1) is 9.70. The van der Waals surface area contributed by atoms with Crippen molar-refractivity contribution in [2.75, 3.05) is 13.7 Å². The summed E-state index contributed by atoms with van der Waals surface area (Å²) >= 11 is 0.335. The Hall–Kier alpha value is -0.0449. The van der Waals surface area contributed by atoms with Gasteiger partial charge in [0, 0.05) is 0 Å². The van der Waals surface area contributed by atoms with Gasteiger partial charge in [-0.3, -0.25) is 0 Å². The molecule has 6 heteroatoms. The number of methoxy groups -OCH3 is 1. The summed E-state index contributed by atoms with van der Waals surface area (Å²) in [6, 6.07) is 9.76. The molecule has 6 atom stereocenters. The first-order valence-electron chi connectivity index (χ1n) is 6.72. The number of hydrogen-bond acceptors (Lipinski definition) is 5. The van der Waals surface area contributed by atoms with Crippen LogP contribution in [0.1, 0.15) is 11.9 Å². The molecule has 20 heavy (non-hydrogen) atoms. The van der Waals surface area contributed by atoms with Gasteiger partial charge < -0.3 is 0 Å². The maximum absolute atomic E-state index is 10.4. The van der Waals surface area contributed by atoms with E-state index in [0.29, 0.717) is 32.7 Å². The summed E-state index contributed by atoms with van der Waals surface area (Å²) in [5.41, 5.74) is 0.960. The van der Waals surface area contributed by atoms with Crippen LogP contribution in [0, 0.1) is 0 Å². The van der Waals surface area contributed by atoms with Gasteiger partial charge in [0.2, 0.25) is 0 Å². The van der Waals surface area contributed by atoms with Crippen molar-refractivity contribution in [3.8, 4) is 0 Å². The van der Waals surface area contributed by atoms with E-state index in [1.54, 1.807) is 7.11 Å². The van der Waals surface area contributed by atoms with Gasteiger partial charge in [0.25, 0.3) is 0 Å². The van der Waals surface area contributed by atoms with Gasteiger partial charge in [-0.25, -0.2) is 0 Å². The van der Waals surface area contributed by atoms with Crippen molar-refractivity contribution in [2.24, 2.45) is 0 Å². The van der Waals surface area contributed by atoms with E-state index in [-0.39, 0.29) is 21.9 Å². The van der Waals surface area contributed by atoms with Gasteiger partial charge in [-0.1, -0.05) is 0 Å². The first kappa shape index (κ1) is 14.9. The summed E-state index contributed by atoms with van der Waals surface area (Å²) in [5, 5.41) is 10.4. The average molecular weight is 466 g/mol. The third kappa shape index (κ3) is 2.80. The fourth-order valence-electron chi connectivity index (χ4n) is 2.66. The zero-order valence-electron chi connectivity index (χ0n) is 11.3. The molecule has 1 N–H and O–H groups in total. The molecule has 1 aromatic carbocycles. The van der Waals surface area contributed by atoms with Crippen molar-refractivity contribution < 1.29 is 50.2 Å². The van der Waals surface area contributed by atoms with E-state index >= 15 is 0 Å². The van der Waals surface area contributed by atoms with Crippen molar-refractivity contribution in [1.29, 1.82) is 0 Å². The van der Waals surface area contributed by atoms with E-state index in [1.807, 2.05) is 30.3 Å². The molecule has 105 valence electrons. The molecule has 5 nitrogen and oxygen atoms in total. The van der Waals surface area contributed by atoms with Crippen LogP contribution in [0.3, 0.4) is 0 Å². The minimum atomic E-state index is -0.544. The van der Waals surface area contributed by atoms with Gasteiger partial charge in [-0.2, -0.15) is 0 Å². The molecule has 6 unspecified atom stereocenters. The number of aliphatic hydroxyl groups is 1. The van der Waals surface area contributed by atoms with Crippen LogP contribution in [0.2, 0.25) is 3.43 Å². The third-order valence-electron chi connectivity index (χ3n) is 3.80. The van der Waals surface area contributed by atoms with Crippen molar-refractivity contribution >= 4 is 0 Å². The molecule has 1 aromatic rings. The zero-order chi connectivity index (χ0) is 14.1. The summed E-state index contributed by atoms with van der Waals surface area (Å²) in [6.07, 6.45) is -1.93. The Morgan fingerprint density at radius 2 is 2.00 bits per heavy atom. The van der Waals surface area contributed by atoms with Crippen LogP contribution in [0.25, 0.3) is 0 Å². The first-order valence-corrected chi connectivity index (χ1v) is 9.89. The molecule has 0 aliphatic carbocycles. The molecule has 3 rings (SSSR count). The van der Waals surface area contributed by atoms with E-state index in [2.05, 4.69) is 0 Å². The number of hydrogen-bond donors (Lipinski definition) is 1. The third-order valence-corrected chi connectivity index (χ3v) is 7.17. The van der Waals surface area contributed by atoms with Crippen LogP contribution in [0.15, 0.2) is 30.3 Å². The van der Waals surface area contributed by atoms with Crippen LogP contribution < -0.4 is 0 Å². The van der Waals surface area contributed by atoms with E-state index in [0.717, 1.165) is 5.56 Å². The van der Waals surface area contributed by atoms with Crippen molar-refractivity contribution in [3.05, 3.63) is 35.9 Å². The molecule has 2 saturated heterocycles. The quantitative estimate of drug-likeness (QED) is 0.665. The number of fused-ring (bicyclic) bond motifs is 1. The molecule has 0 amide bonds. The van der Waals surface area contributed by atoms with Gasteiger partial charge in [0.05, 0.1) is 0 Å². The molecule has 2 aliphatic heterocycles. The second-order valence-electron chi connectivity index (χ2n) is 5.11. The number of aliphatic hydroxyl groups excluding tert-OH is 1. The van der Waals surface area contributed by atoms with E-state index < -0.39 is 12.4 Å². The predicted molar refractivity (Wildman–Crippen MR) is 65.4 cm³/mol. The van der Waals surface area contributed by atoms with E-state index in [1.165, 1.54) is 0 Å². The maximum atomic E-state index is 10.4. The topological polar surface area (TPSA) is 57.2 Å². The molecule has 0 bridgehead atoms. The number of ether oxygens (including phenoxy) is 4. The summed E-state index contributed by atoms with van der Waals surface area (Å²) < 4.78 is 22.8. The summed E-state index contributed by atoms with van der Waals surface area (Å²) in [7, 11) is 1.61. The Morgan fingerprint density at radius 1 is 1.25 bits per heavy atom.